The Labute approximate surface area is 141 Å². The van der Waals surface area contributed by atoms with Gasteiger partial charge in [0.05, 0.1) is 12.5 Å². The first-order valence-electron chi connectivity index (χ1n) is 9.19. The lowest BCUT2D eigenvalue weighted by molar-refractivity contribution is -0.149. The molecule has 1 heterocycles. The number of esters is 1. The Balaban J connectivity index is 2.10. The van der Waals surface area contributed by atoms with E-state index in [2.05, 4.69) is 12.2 Å². The van der Waals surface area contributed by atoms with Gasteiger partial charge in [0.1, 0.15) is 0 Å². The maximum Gasteiger partial charge on any atom is 0.308 e. The van der Waals surface area contributed by atoms with Crippen molar-refractivity contribution < 1.29 is 14.3 Å². The number of nitrogens with one attached hydrogen (secondary N) is 1. The molecule has 1 rings (SSSR count). The number of unbranched alkanes of at least 4 members (excludes halogenated alkanes) is 2. The van der Waals surface area contributed by atoms with Crippen LogP contribution in [-0.4, -0.2) is 49.6 Å². The summed E-state index contributed by atoms with van der Waals surface area (Å²) in [6, 6.07) is 0. The number of carbonyl (C=O) groups is 2. The molecule has 0 bridgehead atoms. The Morgan fingerprint density at radius 2 is 1.87 bits per heavy atom. The van der Waals surface area contributed by atoms with Crippen molar-refractivity contribution in [2.45, 2.75) is 59.3 Å². The maximum atomic E-state index is 12.2. The number of hydrogen-bond acceptors (Lipinski definition) is 4. The van der Waals surface area contributed by atoms with Gasteiger partial charge in [0, 0.05) is 19.5 Å². The van der Waals surface area contributed by atoms with E-state index in [1.807, 2.05) is 18.7 Å². The third-order valence-electron chi connectivity index (χ3n) is 4.39. The van der Waals surface area contributed by atoms with Gasteiger partial charge in [0.25, 0.3) is 0 Å². The van der Waals surface area contributed by atoms with E-state index >= 15 is 0 Å². The van der Waals surface area contributed by atoms with Gasteiger partial charge < -0.3 is 15.0 Å². The number of nitrogens with zero attached hydrogens (tertiary/aromatic N) is 1. The first-order chi connectivity index (χ1) is 11.0. The van der Waals surface area contributed by atoms with E-state index in [0.717, 1.165) is 58.3 Å². The lowest BCUT2D eigenvalue weighted by Crippen LogP contribution is -2.39. The summed E-state index contributed by atoms with van der Waals surface area (Å²) in [4.78, 5) is 25.6. The normalized spacial score (nSPS) is 15.9. The standard InChI is InChI=1S/C18H34N2O3/c1-4-19-11-7-5-6-8-17(21)20-12-9-16(10-13-20)14-23-18(22)15(2)3/h15-16,19H,4-14H2,1-3H3. The molecule has 1 amide bonds. The van der Waals surface area contributed by atoms with Gasteiger partial charge in [-0.1, -0.05) is 27.2 Å². The van der Waals surface area contributed by atoms with Gasteiger partial charge in [-0.25, -0.2) is 0 Å². The number of hydrogen-bond donors (Lipinski definition) is 1. The van der Waals surface area contributed by atoms with Crippen LogP contribution < -0.4 is 5.32 Å². The van der Waals surface area contributed by atoms with Gasteiger partial charge in [-0.15, -0.1) is 0 Å². The summed E-state index contributed by atoms with van der Waals surface area (Å²) >= 11 is 0. The van der Waals surface area contributed by atoms with Crippen LogP contribution in [0.1, 0.15) is 59.3 Å². The van der Waals surface area contributed by atoms with Crippen molar-refractivity contribution in [2.75, 3.05) is 32.8 Å². The predicted octanol–water partition coefficient (Wildman–Crippen LogP) is 2.59. The molecule has 0 saturated carbocycles. The van der Waals surface area contributed by atoms with E-state index in [-0.39, 0.29) is 17.8 Å². The first kappa shape index (κ1) is 19.9. The zero-order valence-electron chi connectivity index (χ0n) is 15.1. The zero-order valence-corrected chi connectivity index (χ0v) is 15.1. The molecular weight excluding hydrogens is 292 g/mol. The molecule has 0 atom stereocenters. The first-order valence-corrected chi connectivity index (χ1v) is 9.19. The highest BCUT2D eigenvalue weighted by atomic mass is 16.5. The molecule has 0 aromatic carbocycles. The van der Waals surface area contributed by atoms with Gasteiger partial charge in [-0.3, -0.25) is 9.59 Å². The van der Waals surface area contributed by atoms with Crippen LogP contribution in [0.4, 0.5) is 0 Å². The molecule has 0 spiro atoms. The van der Waals surface area contributed by atoms with Gasteiger partial charge >= 0.3 is 5.97 Å². The summed E-state index contributed by atoms with van der Waals surface area (Å²) in [5.74, 6) is 0.498. The number of carbonyl (C=O) groups excluding carboxylic acids is 2. The summed E-state index contributed by atoms with van der Waals surface area (Å²) in [6.07, 6.45) is 5.79. The Hall–Kier alpha value is -1.10. The van der Waals surface area contributed by atoms with Crippen LogP contribution in [0, 0.1) is 11.8 Å². The van der Waals surface area contributed by atoms with Crippen molar-refractivity contribution in [3.8, 4) is 0 Å². The minimum Gasteiger partial charge on any atom is -0.465 e. The fraction of sp³-hybridized carbons (Fsp3) is 0.889. The molecule has 1 fully saturated rings. The number of likely N-dealkylation sites (tertiary alicyclic amines) is 1. The Bertz CT molecular complexity index is 350. The second kappa shape index (κ2) is 11.4. The van der Waals surface area contributed by atoms with Crippen LogP contribution in [0.2, 0.25) is 0 Å². The van der Waals surface area contributed by atoms with E-state index in [0.29, 0.717) is 18.9 Å². The molecule has 5 nitrogen and oxygen atoms in total. The predicted molar refractivity (Wildman–Crippen MR) is 92.1 cm³/mol. The molecule has 1 N–H and O–H groups in total. The summed E-state index contributed by atoms with van der Waals surface area (Å²) in [5, 5.41) is 3.30. The minimum absolute atomic E-state index is 0.0656. The quantitative estimate of drug-likeness (QED) is 0.495. The number of rotatable bonds is 10. The number of amides is 1. The molecule has 1 aliphatic rings. The fourth-order valence-corrected chi connectivity index (χ4v) is 2.75. The molecule has 134 valence electrons. The second-order valence-electron chi connectivity index (χ2n) is 6.77. The molecule has 0 aromatic heterocycles. The van der Waals surface area contributed by atoms with Crippen molar-refractivity contribution in [3.63, 3.8) is 0 Å². The smallest absolute Gasteiger partial charge is 0.308 e. The highest BCUT2D eigenvalue weighted by Gasteiger charge is 2.23. The largest absolute Gasteiger partial charge is 0.465 e. The molecule has 1 saturated heterocycles. The monoisotopic (exact) mass is 326 g/mol. The minimum atomic E-state index is -0.124. The number of piperidine rings is 1. The topological polar surface area (TPSA) is 58.6 Å². The molecular formula is C18H34N2O3. The van der Waals surface area contributed by atoms with Crippen molar-refractivity contribution >= 4 is 11.9 Å². The average molecular weight is 326 g/mol. The van der Waals surface area contributed by atoms with Crippen LogP contribution >= 0.6 is 0 Å². The highest BCUT2D eigenvalue weighted by molar-refractivity contribution is 5.76. The highest BCUT2D eigenvalue weighted by Crippen LogP contribution is 2.19. The summed E-state index contributed by atoms with van der Waals surface area (Å²) < 4.78 is 5.30. The molecule has 0 aliphatic carbocycles. The van der Waals surface area contributed by atoms with Crippen LogP contribution in [-0.2, 0) is 14.3 Å². The second-order valence-corrected chi connectivity index (χ2v) is 6.77. The molecule has 0 unspecified atom stereocenters. The van der Waals surface area contributed by atoms with Gasteiger partial charge in [-0.05, 0) is 44.7 Å². The molecule has 0 radical (unpaired) electrons. The lowest BCUT2D eigenvalue weighted by atomic mass is 9.97. The summed E-state index contributed by atoms with van der Waals surface area (Å²) in [6.45, 7) is 9.98. The van der Waals surface area contributed by atoms with Gasteiger partial charge in [0.2, 0.25) is 5.91 Å². The Morgan fingerprint density at radius 1 is 1.17 bits per heavy atom. The van der Waals surface area contributed by atoms with Crippen molar-refractivity contribution in [1.82, 2.24) is 10.2 Å². The van der Waals surface area contributed by atoms with Crippen molar-refractivity contribution in [2.24, 2.45) is 11.8 Å². The van der Waals surface area contributed by atoms with Crippen LogP contribution in [0.5, 0.6) is 0 Å². The maximum absolute atomic E-state index is 12.2. The van der Waals surface area contributed by atoms with E-state index in [1.165, 1.54) is 0 Å². The molecule has 23 heavy (non-hydrogen) atoms. The Morgan fingerprint density at radius 3 is 2.48 bits per heavy atom. The summed E-state index contributed by atoms with van der Waals surface area (Å²) in [7, 11) is 0. The third-order valence-corrected chi connectivity index (χ3v) is 4.39. The van der Waals surface area contributed by atoms with Crippen LogP contribution in [0.3, 0.4) is 0 Å². The third kappa shape index (κ3) is 8.35. The van der Waals surface area contributed by atoms with E-state index in [4.69, 9.17) is 4.74 Å². The van der Waals surface area contributed by atoms with E-state index in [1.54, 1.807) is 0 Å². The SMILES string of the molecule is CCNCCCCCC(=O)N1CCC(COC(=O)C(C)C)CC1. The van der Waals surface area contributed by atoms with Crippen LogP contribution in [0.25, 0.3) is 0 Å². The fourth-order valence-electron chi connectivity index (χ4n) is 2.75. The molecule has 1 aliphatic heterocycles. The number of ether oxygens (including phenoxy) is 1. The molecule has 5 heteroatoms. The van der Waals surface area contributed by atoms with Crippen molar-refractivity contribution in [3.05, 3.63) is 0 Å². The lowest BCUT2D eigenvalue weighted by Gasteiger charge is -2.32. The van der Waals surface area contributed by atoms with Gasteiger partial charge in [-0.2, -0.15) is 0 Å². The zero-order chi connectivity index (χ0) is 17.1. The van der Waals surface area contributed by atoms with E-state index < -0.39 is 0 Å². The average Bonchev–Trinajstić information content (AvgIpc) is 2.56. The Kier molecular flexibility index (Phi) is 9.92. The van der Waals surface area contributed by atoms with Gasteiger partial charge in [0.15, 0.2) is 0 Å². The summed E-state index contributed by atoms with van der Waals surface area (Å²) in [5.41, 5.74) is 0. The molecule has 0 aromatic rings. The van der Waals surface area contributed by atoms with Crippen LogP contribution in [0.15, 0.2) is 0 Å². The van der Waals surface area contributed by atoms with E-state index in [9.17, 15) is 9.59 Å². The van der Waals surface area contributed by atoms with Crippen molar-refractivity contribution in [1.29, 1.82) is 0 Å².